The number of carbonyl (C=O) groups is 2. The van der Waals surface area contributed by atoms with Gasteiger partial charge in [0.15, 0.2) is 0 Å². The molecule has 1 saturated heterocycles. The predicted molar refractivity (Wildman–Crippen MR) is 96.6 cm³/mol. The lowest BCUT2D eigenvalue weighted by Crippen LogP contribution is -2.41. The van der Waals surface area contributed by atoms with Crippen LogP contribution in [0.4, 0.5) is 16.2 Å². The van der Waals surface area contributed by atoms with Crippen molar-refractivity contribution in [2.24, 2.45) is 0 Å². The molecule has 0 aliphatic carbocycles. The third kappa shape index (κ3) is 4.69. The molecule has 1 aromatic carbocycles. The maximum absolute atomic E-state index is 11.6. The average molecular weight is 373 g/mol. The standard InChI is InChI=1S/C14H21N3O5P2/c1-20-16-12-8-9(13(18)21-23)2-3-11(12)15-10-4-6-17(7-5-10)14(19)22-24/h2-3,8,10,15-16H,4-7,23-24H2,1H3. The molecule has 1 aliphatic rings. The van der Waals surface area contributed by atoms with Crippen LogP contribution in [0.2, 0.25) is 0 Å². The van der Waals surface area contributed by atoms with E-state index in [1.807, 2.05) is 18.9 Å². The Balaban J connectivity index is 2.04. The lowest BCUT2D eigenvalue weighted by Gasteiger charge is -2.32. The number of amides is 1. The molecule has 0 bridgehead atoms. The smallest absolute Gasteiger partial charge is 0.411 e. The first-order chi connectivity index (χ1) is 11.6. The first kappa shape index (κ1) is 18.7. The minimum absolute atomic E-state index is 0.204. The number of hydrogen-bond acceptors (Lipinski definition) is 7. The fourth-order valence-electron chi connectivity index (χ4n) is 2.56. The van der Waals surface area contributed by atoms with Crippen LogP contribution in [-0.2, 0) is 13.9 Å². The van der Waals surface area contributed by atoms with Crippen LogP contribution in [0, 0.1) is 0 Å². The zero-order chi connectivity index (χ0) is 17.5. The van der Waals surface area contributed by atoms with Crippen molar-refractivity contribution in [3.8, 4) is 0 Å². The number of rotatable bonds is 5. The van der Waals surface area contributed by atoms with Gasteiger partial charge in [-0.05, 0) is 31.0 Å². The summed E-state index contributed by atoms with van der Waals surface area (Å²) in [5.74, 6) is -0.449. The molecule has 1 aliphatic heterocycles. The van der Waals surface area contributed by atoms with E-state index >= 15 is 0 Å². The number of benzene rings is 1. The highest BCUT2D eigenvalue weighted by Gasteiger charge is 2.23. The van der Waals surface area contributed by atoms with Gasteiger partial charge in [0.05, 0.1) is 43.0 Å². The number of nitrogens with one attached hydrogen (secondary N) is 2. The number of anilines is 2. The van der Waals surface area contributed by atoms with Crippen LogP contribution in [0.5, 0.6) is 0 Å². The molecule has 2 rings (SSSR count). The lowest BCUT2D eigenvalue weighted by atomic mass is 10.0. The third-order valence-electron chi connectivity index (χ3n) is 3.79. The minimum Gasteiger partial charge on any atom is -0.448 e. The van der Waals surface area contributed by atoms with E-state index in [-0.39, 0.29) is 12.1 Å². The summed E-state index contributed by atoms with van der Waals surface area (Å²) < 4.78 is 9.29. The largest absolute Gasteiger partial charge is 0.448 e. The summed E-state index contributed by atoms with van der Waals surface area (Å²) in [5.41, 5.74) is 4.61. The number of piperidine rings is 1. The third-order valence-corrected chi connectivity index (χ3v) is 4.20. The second-order valence-corrected chi connectivity index (χ2v) is 5.73. The van der Waals surface area contributed by atoms with E-state index in [1.54, 1.807) is 23.1 Å². The monoisotopic (exact) mass is 373 g/mol. The molecule has 132 valence electrons. The van der Waals surface area contributed by atoms with E-state index in [9.17, 15) is 9.59 Å². The summed E-state index contributed by atoms with van der Waals surface area (Å²) in [6, 6.07) is 5.33. The maximum atomic E-state index is 11.6. The van der Waals surface area contributed by atoms with Gasteiger partial charge in [0.2, 0.25) is 0 Å². The summed E-state index contributed by atoms with van der Waals surface area (Å²) >= 11 is 0. The molecule has 2 atom stereocenters. The van der Waals surface area contributed by atoms with Crippen LogP contribution in [0.3, 0.4) is 0 Å². The van der Waals surface area contributed by atoms with Crippen LogP contribution < -0.4 is 10.8 Å². The lowest BCUT2D eigenvalue weighted by molar-refractivity contribution is 0.0765. The zero-order valence-electron chi connectivity index (χ0n) is 13.3. The fraction of sp³-hybridized carbons (Fsp3) is 0.429. The van der Waals surface area contributed by atoms with Crippen LogP contribution in [0.15, 0.2) is 18.2 Å². The quantitative estimate of drug-likeness (QED) is 0.605. The Hall–Kier alpha value is -1.62. The molecule has 0 radical (unpaired) electrons. The molecule has 1 amide bonds. The van der Waals surface area contributed by atoms with Crippen molar-refractivity contribution >= 4 is 42.4 Å². The minimum atomic E-state index is -0.449. The van der Waals surface area contributed by atoms with Crippen molar-refractivity contribution < 1.29 is 23.5 Å². The SMILES string of the molecule is CONc1cc(C(=O)OP)ccc1NC1CCN(C(=O)OP)CC1. The summed E-state index contributed by atoms with van der Waals surface area (Å²) in [7, 11) is 5.40. The first-order valence-corrected chi connectivity index (χ1v) is 8.29. The Morgan fingerprint density at radius 2 is 1.88 bits per heavy atom. The number of hydrogen-bond donors (Lipinski definition) is 2. The van der Waals surface area contributed by atoms with Gasteiger partial charge in [-0.3, -0.25) is 10.3 Å². The van der Waals surface area contributed by atoms with Gasteiger partial charge in [0.25, 0.3) is 0 Å². The Kier molecular flexibility index (Phi) is 7.03. The van der Waals surface area contributed by atoms with E-state index in [4.69, 9.17) is 4.84 Å². The molecule has 10 heteroatoms. The van der Waals surface area contributed by atoms with E-state index in [0.717, 1.165) is 18.5 Å². The van der Waals surface area contributed by atoms with Crippen LogP contribution >= 0.6 is 18.9 Å². The van der Waals surface area contributed by atoms with Gasteiger partial charge in [0, 0.05) is 19.1 Å². The van der Waals surface area contributed by atoms with Crippen molar-refractivity contribution in [3.05, 3.63) is 23.8 Å². The van der Waals surface area contributed by atoms with E-state index < -0.39 is 5.97 Å². The molecule has 8 nitrogen and oxygen atoms in total. The molecule has 1 heterocycles. The summed E-state index contributed by atoms with van der Waals surface area (Å²) in [5, 5.41) is 3.41. The van der Waals surface area contributed by atoms with Gasteiger partial charge >= 0.3 is 12.1 Å². The Morgan fingerprint density at radius 1 is 1.17 bits per heavy atom. The van der Waals surface area contributed by atoms with Gasteiger partial charge in [-0.2, -0.15) is 0 Å². The predicted octanol–water partition coefficient (Wildman–Crippen LogP) is 2.41. The average Bonchev–Trinajstić information content (AvgIpc) is 2.62. The molecule has 2 N–H and O–H groups in total. The van der Waals surface area contributed by atoms with E-state index in [0.29, 0.717) is 24.3 Å². The highest BCUT2D eigenvalue weighted by atomic mass is 31.0. The van der Waals surface area contributed by atoms with Gasteiger partial charge in [-0.1, -0.05) is 0 Å². The Bertz CT molecular complexity index is 594. The summed E-state index contributed by atoms with van der Waals surface area (Å²) in [4.78, 5) is 29.7. The van der Waals surface area contributed by atoms with Crippen LogP contribution in [0.1, 0.15) is 23.2 Å². The van der Waals surface area contributed by atoms with Crippen molar-refractivity contribution in [1.29, 1.82) is 0 Å². The fourth-order valence-corrected chi connectivity index (χ4v) is 2.85. The molecule has 1 fully saturated rings. The Morgan fingerprint density at radius 3 is 2.46 bits per heavy atom. The number of nitrogens with zero attached hydrogens (tertiary/aromatic N) is 1. The highest BCUT2D eigenvalue weighted by Crippen LogP contribution is 2.27. The zero-order valence-corrected chi connectivity index (χ0v) is 15.6. The van der Waals surface area contributed by atoms with Crippen LogP contribution in [0.25, 0.3) is 0 Å². The normalized spacial score (nSPS) is 14.9. The molecular formula is C14H21N3O5P2. The van der Waals surface area contributed by atoms with Crippen molar-refractivity contribution in [1.82, 2.24) is 4.90 Å². The van der Waals surface area contributed by atoms with Crippen LogP contribution in [-0.4, -0.2) is 43.2 Å². The molecule has 24 heavy (non-hydrogen) atoms. The highest BCUT2D eigenvalue weighted by molar-refractivity contribution is 7.11. The summed E-state index contributed by atoms with van der Waals surface area (Å²) in [6.45, 7) is 1.24. The molecular weight excluding hydrogens is 352 g/mol. The summed E-state index contributed by atoms with van der Waals surface area (Å²) in [6.07, 6.45) is 1.25. The van der Waals surface area contributed by atoms with Crippen molar-refractivity contribution in [2.45, 2.75) is 18.9 Å². The first-order valence-electron chi connectivity index (χ1n) is 7.35. The molecule has 1 aromatic rings. The molecule has 0 spiro atoms. The number of carbonyl (C=O) groups excluding carboxylic acids is 2. The Labute approximate surface area is 145 Å². The molecule has 0 aromatic heterocycles. The van der Waals surface area contributed by atoms with Crippen molar-refractivity contribution in [3.63, 3.8) is 0 Å². The molecule has 2 unspecified atom stereocenters. The second kappa shape index (κ2) is 9.02. The maximum Gasteiger partial charge on any atom is 0.411 e. The topological polar surface area (TPSA) is 89.1 Å². The second-order valence-electron chi connectivity index (χ2n) is 5.26. The van der Waals surface area contributed by atoms with Gasteiger partial charge < -0.3 is 19.3 Å². The number of likely N-dealkylation sites (tertiary alicyclic amines) is 1. The van der Waals surface area contributed by atoms with Gasteiger partial charge in [-0.25, -0.2) is 9.59 Å². The van der Waals surface area contributed by atoms with E-state index in [1.165, 1.54) is 7.11 Å². The molecule has 0 saturated carbocycles. The van der Waals surface area contributed by atoms with Gasteiger partial charge in [-0.15, -0.1) is 0 Å². The van der Waals surface area contributed by atoms with Crippen molar-refractivity contribution in [2.75, 3.05) is 31.0 Å². The van der Waals surface area contributed by atoms with Gasteiger partial charge in [0.1, 0.15) is 0 Å². The van der Waals surface area contributed by atoms with E-state index in [2.05, 4.69) is 19.8 Å².